The van der Waals surface area contributed by atoms with Crippen molar-refractivity contribution in [1.29, 1.82) is 0 Å². The molecule has 0 amide bonds. The van der Waals surface area contributed by atoms with Crippen molar-refractivity contribution in [3.8, 4) is 0 Å². The number of piperidine rings is 1. The van der Waals surface area contributed by atoms with E-state index in [9.17, 15) is 0 Å². The third kappa shape index (κ3) is 2.91. The summed E-state index contributed by atoms with van der Waals surface area (Å²) in [7, 11) is 4.37. The van der Waals surface area contributed by atoms with Crippen LogP contribution in [0.1, 0.15) is 23.5 Å². The molecule has 1 aromatic heterocycles. The zero-order chi connectivity index (χ0) is 13.2. The summed E-state index contributed by atoms with van der Waals surface area (Å²) >= 11 is 1.72. The number of hydrogen-bond donors (Lipinski definition) is 1. The highest BCUT2D eigenvalue weighted by molar-refractivity contribution is 7.09. The molecule has 5 heteroatoms. The first-order valence-corrected chi connectivity index (χ1v) is 7.44. The van der Waals surface area contributed by atoms with Gasteiger partial charge in [-0.25, -0.2) is 4.98 Å². The highest BCUT2D eigenvalue weighted by Gasteiger charge is 2.36. The fraction of sp³-hybridized carbons (Fsp3) is 0.769. The monoisotopic (exact) mass is 268 g/mol. The molecule has 0 bridgehead atoms. The molecule has 0 spiro atoms. The number of aromatic nitrogens is 1. The van der Waals surface area contributed by atoms with Crippen LogP contribution in [0.5, 0.6) is 0 Å². The average Bonchev–Trinajstić information content (AvgIpc) is 2.76. The first-order valence-electron chi connectivity index (χ1n) is 6.56. The number of aryl methyl sites for hydroxylation is 1. The fourth-order valence-electron chi connectivity index (χ4n) is 2.67. The minimum absolute atomic E-state index is 0.157. The number of hydrogen-bond acceptors (Lipinski definition) is 5. The predicted octanol–water partition coefficient (Wildman–Crippen LogP) is 1.31. The molecule has 0 unspecified atom stereocenters. The average molecular weight is 268 g/mol. The van der Waals surface area contributed by atoms with Crippen LogP contribution in [-0.2, 0) is 6.54 Å². The molecule has 2 heterocycles. The molecule has 1 fully saturated rings. The van der Waals surface area contributed by atoms with Crippen molar-refractivity contribution in [2.75, 3.05) is 33.7 Å². The standard InChI is InChI=1S/C13H24N4S/c1-11-15-12(9-18-11)8-17(3)13(10-14)4-6-16(2)7-5-13/h9H,4-8,10,14H2,1-3H3. The van der Waals surface area contributed by atoms with Gasteiger partial charge in [0.05, 0.1) is 10.7 Å². The number of likely N-dealkylation sites (N-methyl/N-ethyl adjacent to an activating group) is 1. The van der Waals surface area contributed by atoms with Gasteiger partial charge in [0.15, 0.2) is 0 Å². The van der Waals surface area contributed by atoms with Gasteiger partial charge in [0, 0.05) is 24.0 Å². The summed E-state index contributed by atoms with van der Waals surface area (Å²) in [6.45, 7) is 5.98. The van der Waals surface area contributed by atoms with Gasteiger partial charge in [-0.1, -0.05) is 0 Å². The van der Waals surface area contributed by atoms with Crippen molar-refractivity contribution in [2.24, 2.45) is 5.73 Å². The van der Waals surface area contributed by atoms with Crippen LogP contribution in [0.4, 0.5) is 0 Å². The van der Waals surface area contributed by atoms with Crippen LogP contribution in [0.25, 0.3) is 0 Å². The normalized spacial score (nSPS) is 20.5. The van der Waals surface area contributed by atoms with Crippen molar-refractivity contribution in [1.82, 2.24) is 14.8 Å². The Morgan fingerprint density at radius 1 is 1.50 bits per heavy atom. The minimum Gasteiger partial charge on any atom is -0.329 e. The molecular formula is C13H24N4S. The van der Waals surface area contributed by atoms with Crippen LogP contribution in [0.15, 0.2) is 5.38 Å². The lowest BCUT2D eigenvalue weighted by atomic mass is 9.86. The molecule has 4 nitrogen and oxygen atoms in total. The van der Waals surface area contributed by atoms with Crippen LogP contribution in [0.2, 0.25) is 0 Å². The molecule has 1 aliphatic rings. The highest BCUT2D eigenvalue weighted by atomic mass is 32.1. The smallest absolute Gasteiger partial charge is 0.0897 e. The molecule has 1 saturated heterocycles. The Hall–Kier alpha value is -0.490. The second-order valence-corrected chi connectivity index (χ2v) is 6.51. The Kier molecular flexibility index (Phi) is 4.37. The molecule has 2 rings (SSSR count). The number of thiazole rings is 1. The van der Waals surface area contributed by atoms with E-state index in [4.69, 9.17) is 5.73 Å². The Morgan fingerprint density at radius 3 is 2.67 bits per heavy atom. The lowest BCUT2D eigenvalue weighted by Crippen LogP contribution is -2.57. The minimum atomic E-state index is 0.157. The summed E-state index contributed by atoms with van der Waals surface area (Å²) in [6, 6.07) is 0. The van der Waals surface area contributed by atoms with Crippen molar-refractivity contribution in [3.05, 3.63) is 16.1 Å². The van der Waals surface area contributed by atoms with Gasteiger partial charge in [0.25, 0.3) is 0 Å². The van der Waals surface area contributed by atoms with Gasteiger partial charge in [-0.05, 0) is 47.0 Å². The lowest BCUT2D eigenvalue weighted by Gasteiger charge is -2.46. The molecule has 1 aliphatic heterocycles. The zero-order valence-electron chi connectivity index (χ0n) is 11.6. The van der Waals surface area contributed by atoms with E-state index in [1.807, 2.05) is 0 Å². The molecular weight excluding hydrogens is 244 g/mol. The van der Waals surface area contributed by atoms with Crippen LogP contribution in [-0.4, -0.2) is 54.1 Å². The van der Waals surface area contributed by atoms with Gasteiger partial charge in [-0.3, -0.25) is 4.90 Å². The van der Waals surface area contributed by atoms with Crippen LogP contribution < -0.4 is 5.73 Å². The molecule has 18 heavy (non-hydrogen) atoms. The van der Waals surface area contributed by atoms with Gasteiger partial charge in [0.1, 0.15) is 0 Å². The van der Waals surface area contributed by atoms with Crippen molar-refractivity contribution >= 4 is 11.3 Å². The van der Waals surface area contributed by atoms with E-state index >= 15 is 0 Å². The molecule has 2 N–H and O–H groups in total. The Balaban J connectivity index is 2.03. The maximum Gasteiger partial charge on any atom is 0.0897 e. The molecule has 0 aliphatic carbocycles. The summed E-state index contributed by atoms with van der Waals surface area (Å²) in [5.41, 5.74) is 7.40. The van der Waals surface area contributed by atoms with Crippen molar-refractivity contribution in [3.63, 3.8) is 0 Å². The maximum absolute atomic E-state index is 6.07. The second kappa shape index (κ2) is 5.65. The van der Waals surface area contributed by atoms with Gasteiger partial charge in [0.2, 0.25) is 0 Å². The number of nitrogens with zero attached hydrogens (tertiary/aromatic N) is 3. The second-order valence-electron chi connectivity index (χ2n) is 5.45. The van der Waals surface area contributed by atoms with Crippen molar-refractivity contribution in [2.45, 2.75) is 31.8 Å². The summed E-state index contributed by atoms with van der Waals surface area (Å²) in [6.07, 6.45) is 2.30. The van der Waals surface area contributed by atoms with Crippen LogP contribution in [0, 0.1) is 6.92 Å². The van der Waals surface area contributed by atoms with Gasteiger partial charge < -0.3 is 10.6 Å². The summed E-state index contributed by atoms with van der Waals surface area (Å²) in [5.74, 6) is 0. The molecule has 0 atom stereocenters. The Bertz CT molecular complexity index is 382. The third-order valence-electron chi connectivity index (χ3n) is 4.17. The first-order chi connectivity index (χ1) is 8.55. The summed E-state index contributed by atoms with van der Waals surface area (Å²) in [5, 5.41) is 3.30. The van der Waals surface area contributed by atoms with Gasteiger partial charge >= 0.3 is 0 Å². The zero-order valence-corrected chi connectivity index (χ0v) is 12.5. The number of likely N-dealkylation sites (tertiary alicyclic amines) is 1. The van der Waals surface area contributed by atoms with E-state index in [1.54, 1.807) is 11.3 Å². The Morgan fingerprint density at radius 2 is 2.17 bits per heavy atom. The molecule has 1 aromatic rings. The topological polar surface area (TPSA) is 45.4 Å². The van der Waals surface area contributed by atoms with E-state index in [2.05, 4.69) is 41.2 Å². The number of nitrogens with two attached hydrogens (primary N) is 1. The van der Waals surface area contributed by atoms with Gasteiger partial charge in [-0.2, -0.15) is 0 Å². The SMILES string of the molecule is Cc1nc(CN(C)C2(CN)CCN(C)CC2)cs1. The van der Waals surface area contributed by atoms with E-state index in [1.165, 1.54) is 5.69 Å². The van der Waals surface area contributed by atoms with Gasteiger partial charge in [-0.15, -0.1) is 11.3 Å². The van der Waals surface area contributed by atoms with Crippen LogP contribution in [0.3, 0.4) is 0 Å². The van der Waals surface area contributed by atoms with E-state index < -0.39 is 0 Å². The summed E-state index contributed by atoms with van der Waals surface area (Å²) < 4.78 is 0. The number of rotatable bonds is 4. The largest absolute Gasteiger partial charge is 0.329 e. The van der Waals surface area contributed by atoms with Crippen LogP contribution >= 0.6 is 11.3 Å². The Labute approximate surface area is 114 Å². The third-order valence-corrected chi connectivity index (χ3v) is 5.00. The first kappa shape index (κ1) is 13.9. The van der Waals surface area contributed by atoms with E-state index in [0.717, 1.165) is 44.0 Å². The molecule has 0 aromatic carbocycles. The maximum atomic E-state index is 6.07. The van der Waals surface area contributed by atoms with E-state index in [-0.39, 0.29) is 5.54 Å². The molecule has 102 valence electrons. The predicted molar refractivity (Wildman–Crippen MR) is 76.8 cm³/mol. The lowest BCUT2D eigenvalue weighted by molar-refractivity contribution is 0.0477. The quantitative estimate of drug-likeness (QED) is 0.894. The summed E-state index contributed by atoms with van der Waals surface area (Å²) in [4.78, 5) is 9.35. The molecule has 0 saturated carbocycles. The van der Waals surface area contributed by atoms with E-state index in [0.29, 0.717) is 0 Å². The van der Waals surface area contributed by atoms with Crippen molar-refractivity contribution < 1.29 is 0 Å². The fourth-order valence-corrected chi connectivity index (χ4v) is 3.27. The highest BCUT2D eigenvalue weighted by Crippen LogP contribution is 2.28. The molecule has 0 radical (unpaired) electrons.